The van der Waals surface area contributed by atoms with Crippen LogP contribution in [-0.2, 0) is 17.1 Å². The number of carbonyl (C=O) groups is 1. The number of amides is 1. The summed E-state index contributed by atoms with van der Waals surface area (Å²) in [7, 11) is -1.90. The lowest BCUT2D eigenvalue weighted by molar-refractivity contribution is -0.0221. The molecule has 1 spiro atoms. The normalized spacial score (nSPS) is 19.8. The van der Waals surface area contributed by atoms with Crippen molar-refractivity contribution in [2.24, 2.45) is 12.5 Å². The zero-order valence-corrected chi connectivity index (χ0v) is 23.8. The maximum Gasteiger partial charge on any atom is 0.257 e. The molecule has 9 nitrogen and oxygen atoms in total. The first-order chi connectivity index (χ1) is 19.5. The molecular formula is C29H34F2N6O3S. The number of benzene rings is 2. The summed E-state index contributed by atoms with van der Waals surface area (Å²) in [5.74, 6) is -2.37. The number of rotatable bonds is 7. The van der Waals surface area contributed by atoms with Gasteiger partial charge in [-0.3, -0.25) is 14.2 Å². The van der Waals surface area contributed by atoms with Crippen LogP contribution in [0.2, 0.25) is 0 Å². The summed E-state index contributed by atoms with van der Waals surface area (Å²) in [6, 6.07) is 10.4. The van der Waals surface area contributed by atoms with Crippen molar-refractivity contribution in [3.63, 3.8) is 0 Å². The van der Waals surface area contributed by atoms with Crippen molar-refractivity contribution in [2.45, 2.75) is 44.4 Å². The van der Waals surface area contributed by atoms with E-state index in [4.69, 9.17) is 0 Å². The first-order valence-corrected chi connectivity index (χ1v) is 15.5. The summed E-state index contributed by atoms with van der Waals surface area (Å²) < 4.78 is 56.0. The van der Waals surface area contributed by atoms with Gasteiger partial charge in [0.2, 0.25) is 0 Å². The third kappa shape index (κ3) is 5.61. The van der Waals surface area contributed by atoms with Crippen molar-refractivity contribution >= 4 is 49.7 Å². The average molecular weight is 585 g/mol. The molecule has 2 aromatic carbocycles. The highest BCUT2D eigenvalue weighted by atomic mass is 32.2. The van der Waals surface area contributed by atoms with E-state index in [2.05, 4.69) is 26.6 Å². The third-order valence-electron chi connectivity index (χ3n) is 8.73. The Morgan fingerprint density at radius 1 is 0.951 bits per heavy atom. The van der Waals surface area contributed by atoms with Crippen molar-refractivity contribution in [3.8, 4) is 0 Å². The molecule has 0 bridgehead atoms. The largest absolute Gasteiger partial charge is 0.371 e. The molecule has 218 valence electrons. The molecule has 41 heavy (non-hydrogen) atoms. The van der Waals surface area contributed by atoms with Gasteiger partial charge in [-0.2, -0.15) is 5.10 Å². The number of alkyl halides is 2. The molecule has 3 aromatic rings. The van der Waals surface area contributed by atoms with Crippen molar-refractivity contribution in [1.82, 2.24) is 9.78 Å². The number of anilines is 4. The summed E-state index contributed by atoms with van der Waals surface area (Å²) in [6.07, 6.45) is 4.12. The molecular weight excluding hydrogens is 550 g/mol. The van der Waals surface area contributed by atoms with E-state index in [1.807, 2.05) is 17.0 Å². The zero-order valence-electron chi connectivity index (χ0n) is 23.0. The number of sulfonamides is 1. The van der Waals surface area contributed by atoms with Crippen molar-refractivity contribution in [1.29, 1.82) is 0 Å². The second kappa shape index (κ2) is 10.0. The van der Waals surface area contributed by atoms with Gasteiger partial charge in [0.05, 0.1) is 22.5 Å². The molecule has 3 aliphatic rings. The molecule has 0 atom stereocenters. The number of halogens is 2. The number of fused-ring (bicyclic) bond motifs is 1. The van der Waals surface area contributed by atoms with Crippen molar-refractivity contribution < 1.29 is 22.0 Å². The van der Waals surface area contributed by atoms with Gasteiger partial charge in [0.15, 0.2) is 5.82 Å². The lowest BCUT2D eigenvalue weighted by atomic mass is 9.93. The second-order valence-corrected chi connectivity index (χ2v) is 13.1. The third-order valence-corrected chi connectivity index (χ3v) is 9.69. The van der Waals surface area contributed by atoms with Gasteiger partial charge >= 0.3 is 0 Å². The molecule has 0 unspecified atom stereocenters. The highest BCUT2D eigenvalue weighted by Gasteiger charge is 2.44. The summed E-state index contributed by atoms with van der Waals surface area (Å²) in [5, 5.41) is 9.21. The average Bonchev–Trinajstić information content (AvgIpc) is 3.62. The van der Waals surface area contributed by atoms with Gasteiger partial charge in [0, 0.05) is 62.6 Å². The Morgan fingerprint density at radius 3 is 2.27 bits per heavy atom. The number of hydrogen-bond acceptors (Lipinski definition) is 6. The van der Waals surface area contributed by atoms with Gasteiger partial charge < -0.3 is 15.1 Å². The van der Waals surface area contributed by atoms with E-state index >= 15 is 0 Å². The SMILES string of the molecule is C=CS(=O)(=O)Nc1ccc(C(=O)Nc2ccc3c(c2)c(N2CCC(F)(F)CC2)nn3C)c(N2CCC3(CC2)CC3)c1. The Hall–Kier alpha value is -3.67. The van der Waals surface area contributed by atoms with Crippen LogP contribution in [0.4, 0.5) is 31.7 Å². The Morgan fingerprint density at radius 2 is 1.61 bits per heavy atom. The van der Waals surface area contributed by atoms with E-state index in [0.29, 0.717) is 33.9 Å². The summed E-state index contributed by atoms with van der Waals surface area (Å²) in [5.41, 5.74) is 3.27. The number of aromatic nitrogens is 2. The Balaban J connectivity index is 1.28. The summed E-state index contributed by atoms with van der Waals surface area (Å²) in [4.78, 5) is 17.7. The van der Waals surface area contributed by atoms with E-state index in [0.717, 1.165) is 42.2 Å². The first-order valence-electron chi connectivity index (χ1n) is 13.9. The van der Waals surface area contributed by atoms with E-state index in [1.165, 1.54) is 12.8 Å². The van der Waals surface area contributed by atoms with Crippen LogP contribution >= 0.6 is 0 Å². The Bertz CT molecular complexity index is 1610. The van der Waals surface area contributed by atoms with Crippen LogP contribution in [0.15, 0.2) is 48.4 Å². The summed E-state index contributed by atoms with van der Waals surface area (Å²) in [6.45, 7) is 5.35. The zero-order chi connectivity index (χ0) is 29.0. The summed E-state index contributed by atoms with van der Waals surface area (Å²) >= 11 is 0. The highest BCUT2D eigenvalue weighted by Crippen LogP contribution is 2.54. The van der Waals surface area contributed by atoms with Gasteiger partial charge in [-0.05, 0) is 67.5 Å². The van der Waals surface area contributed by atoms with Crippen LogP contribution < -0.4 is 19.8 Å². The van der Waals surface area contributed by atoms with Gasteiger partial charge in [-0.1, -0.05) is 6.58 Å². The molecule has 2 N–H and O–H groups in total. The fraction of sp³-hybridized carbons (Fsp3) is 0.448. The second-order valence-electron chi connectivity index (χ2n) is 11.5. The van der Waals surface area contributed by atoms with Gasteiger partial charge in [0.1, 0.15) is 0 Å². The fourth-order valence-electron chi connectivity index (χ4n) is 5.96. The molecule has 1 aliphatic carbocycles. The minimum absolute atomic E-state index is 0.206. The van der Waals surface area contributed by atoms with Crippen LogP contribution in [0.3, 0.4) is 0 Å². The highest BCUT2D eigenvalue weighted by molar-refractivity contribution is 7.95. The van der Waals surface area contributed by atoms with Gasteiger partial charge in [0.25, 0.3) is 21.9 Å². The minimum Gasteiger partial charge on any atom is -0.371 e. The fourth-order valence-corrected chi connectivity index (χ4v) is 6.49. The van der Waals surface area contributed by atoms with E-state index in [-0.39, 0.29) is 31.8 Å². The number of aryl methyl sites for hydroxylation is 1. The molecule has 0 radical (unpaired) electrons. The molecule has 6 rings (SSSR count). The van der Waals surface area contributed by atoms with E-state index in [1.54, 1.807) is 36.0 Å². The molecule has 12 heteroatoms. The number of carbonyl (C=O) groups excluding carboxylic acids is 1. The Kier molecular flexibility index (Phi) is 6.71. The van der Waals surface area contributed by atoms with Gasteiger partial charge in [-0.15, -0.1) is 0 Å². The molecule has 3 heterocycles. The van der Waals surface area contributed by atoms with Crippen LogP contribution in [0.1, 0.15) is 48.9 Å². The first kappa shape index (κ1) is 27.5. The van der Waals surface area contributed by atoms with E-state index < -0.39 is 15.9 Å². The molecule has 1 amide bonds. The predicted octanol–water partition coefficient (Wildman–Crippen LogP) is 5.33. The molecule has 1 aromatic heterocycles. The molecule has 2 saturated heterocycles. The lowest BCUT2D eigenvalue weighted by Gasteiger charge is -2.35. The quantitative estimate of drug-likeness (QED) is 0.390. The lowest BCUT2D eigenvalue weighted by Crippen LogP contribution is -2.39. The van der Waals surface area contributed by atoms with Crippen molar-refractivity contribution in [2.75, 3.05) is 46.0 Å². The van der Waals surface area contributed by atoms with Crippen molar-refractivity contribution in [3.05, 3.63) is 53.9 Å². The van der Waals surface area contributed by atoms with Crippen LogP contribution in [0.25, 0.3) is 10.9 Å². The Labute approximate surface area is 238 Å². The van der Waals surface area contributed by atoms with Crippen LogP contribution in [-0.4, -0.2) is 56.2 Å². The smallest absolute Gasteiger partial charge is 0.257 e. The topological polar surface area (TPSA) is 99.6 Å². The van der Waals surface area contributed by atoms with Crippen LogP contribution in [0.5, 0.6) is 0 Å². The maximum absolute atomic E-state index is 13.8. The molecule has 1 saturated carbocycles. The minimum atomic E-state index is -3.71. The monoisotopic (exact) mass is 584 g/mol. The maximum atomic E-state index is 13.8. The number of hydrogen-bond donors (Lipinski definition) is 2. The molecule has 2 aliphatic heterocycles. The molecule has 3 fully saturated rings. The number of nitrogens with zero attached hydrogens (tertiary/aromatic N) is 4. The standard InChI is InChI=1S/C29H34F2N6O3S/c1-3-41(39,40)34-21-4-6-22(25(19-21)36-14-10-28(8-9-28)11-15-36)27(38)32-20-5-7-24-23(18-20)26(33-35(24)2)37-16-12-29(30,31)13-17-37/h3-7,18-19,34H,1,8-17H2,2H3,(H,32,38). The predicted molar refractivity (Wildman–Crippen MR) is 157 cm³/mol. The number of piperidine rings is 2. The van der Waals surface area contributed by atoms with Gasteiger partial charge in [-0.25, -0.2) is 17.2 Å². The number of nitrogens with one attached hydrogen (secondary N) is 2. The van der Waals surface area contributed by atoms with Crippen LogP contribution in [0, 0.1) is 5.41 Å². The van der Waals surface area contributed by atoms with E-state index in [9.17, 15) is 22.0 Å².